The van der Waals surface area contributed by atoms with Gasteiger partial charge in [0.25, 0.3) is 0 Å². The lowest BCUT2D eigenvalue weighted by Crippen LogP contribution is -2.03. The molecule has 0 saturated heterocycles. The van der Waals surface area contributed by atoms with E-state index in [-0.39, 0.29) is 11.3 Å². The smallest absolute Gasteiger partial charge is 0.135 e. The minimum Gasteiger partial charge on any atom is -0.398 e. The van der Waals surface area contributed by atoms with Crippen LogP contribution in [0.2, 0.25) is 0 Å². The fourth-order valence-corrected chi connectivity index (χ4v) is 0.998. The molecule has 0 bridgehead atoms. The van der Waals surface area contributed by atoms with Gasteiger partial charge in [-0.2, -0.15) is 0 Å². The highest BCUT2D eigenvalue weighted by Gasteiger charge is 2.07. The molecule has 0 aliphatic heterocycles. The Balaban J connectivity index is 3.27. The molecule has 2 nitrogen and oxygen atoms in total. The van der Waals surface area contributed by atoms with Gasteiger partial charge in [0, 0.05) is 23.5 Å². The van der Waals surface area contributed by atoms with Crippen molar-refractivity contribution in [2.75, 3.05) is 0 Å². The van der Waals surface area contributed by atoms with Gasteiger partial charge in [0.1, 0.15) is 11.6 Å². The van der Waals surface area contributed by atoms with Crippen LogP contribution in [0.15, 0.2) is 23.8 Å². The van der Waals surface area contributed by atoms with Crippen LogP contribution in [0, 0.1) is 17.0 Å². The molecule has 0 aliphatic carbocycles. The largest absolute Gasteiger partial charge is 0.398 e. The van der Waals surface area contributed by atoms with E-state index in [1.807, 2.05) is 0 Å². The predicted octanol–water partition coefficient (Wildman–Crippen LogP) is 2.30. The molecule has 1 rings (SSSR count). The van der Waals surface area contributed by atoms with E-state index in [2.05, 4.69) is 0 Å². The Labute approximate surface area is 80.6 Å². The third kappa shape index (κ3) is 1.96. The van der Waals surface area contributed by atoms with Gasteiger partial charge in [0.2, 0.25) is 0 Å². The van der Waals surface area contributed by atoms with Gasteiger partial charge >= 0.3 is 0 Å². The number of allylic oxidation sites excluding steroid dienone is 1. The van der Waals surface area contributed by atoms with E-state index in [4.69, 9.17) is 11.1 Å². The number of rotatable bonds is 2. The number of benzene rings is 1. The molecule has 0 fully saturated rings. The molecule has 0 aromatic heterocycles. The Morgan fingerprint density at radius 2 is 2.07 bits per heavy atom. The molecule has 1 aromatic rings. The number of nitrogens with two attached hydrogens (primary N) is 1. The summed E-state index contributed by atoms with van der Waals surface area (Å²) in [6.07, 6.45) is 1.03. The number of halogens is 2. The van der Waals surface area contributed by atoms with Crippen molar-refractivity contribution in [3.8, 4) is 0 Å². The zero-order chi connectivity index (χ0) is 10.7. The first-order chi connectivity index (χ1) is 6.56. The van der Waals surface area contributed by atoms with Crippen LogP contribution in [0.4, 0.5) is 8.78 Å². The zero-order valence-corrected chi connectivity index (χ0v) is 7.64. The minimum absolute atomic E-state index is 0.118. The van der Waals surface area contributed by atoms with Gasteiger partial charge in [-0.1, -0.05) is 0 Å². The van der Waals surface area contributed by atoms with E-state index in [0.717, 1.165) is 18.3 Å². The molecule has 74 valence electrons. The van der Waals surface area contributed by atoms with Gasteiger partial charge in [-0.25, -0.2) is 8.78 Å². The molecular weight excluding hydrogens is 186 g/mol. The lowest BCUT2D eigenvalue weighted by Gasteiger charge is -2.05. The Morgan fingerprint density at radius 1 is 1.43 bits per heavy atom. The summed E-state index contributed by atoms with van der Waals surface area (Å²) in [5.74, 6) is -1.37. The summed E-state index contributed by atoms with van der Waals surface area (Å²) in [5, 5.41) is 6.94. The van der Waals surface area contributed by atoms with Crippen LogP contribution in [-0.2, 0) is 0 Å². The number of nitrogens with one attached hydrogen (secondary N) is 1. The minimum atomic E-state index is -0.719. The van der Waals surface area contributed by atoms with Crippen LogP contribution in [0.5, 0.6) is 0 Å². The van der Waals surface area contributed by atoms with Gasteiger partial charge in [-0.15, -0.1) is 0 Å². The summed E-state index contributed by atoms with van der Waals surface area (Å²) in [7, 11) is 0. The third-order valence-electron chi connectivity index (χ3n) is 1.86. The summed E-state index contributed by atoms with van der Waals surface area (Å²) >= 11 is 0. The van der Waals surface area contributed by atoms with Gasteiger partial charge < -0.3 is 11.1 Å². The first-order valence-electron chi connectivity index (χ1n) is 3.98. The quantitative estimate of drug-likeness (QED) is 0.700. The SMILES string of the molecule is C/C(C=N)=C(/N)c1ccc(F)cc1F. The van der Waals surface area contributed by atoms with Crippen molar-refractivity contribution >= 4 is 11.9 Å². The number of hydrogen-bond acceptors (Lipinski definition) is 2. The normalized spacial score (nSPS) is 12.2. The molecular formula is C10H10F2N2. The maximum atomic E-state index is 13.2. The topological polar surface area (TPSA) is 49.9 Å². The molecule has 0 amide bonds. The molecule has 0 atom stereocenters. The summed E-state index contributed by atoms with van der Waals surface area (Å²) in [5.41, 5.74) is 6.27. The van der Waals surface area contributed by atoms with Crippen LogP contribution >= 0.6 is 0 Å². The van der Waals surface area contributed by atoms with Crippen molar-refractivity contribution in [2.24, 2.45) is 5.73 Å². The van der Waals surface area contributed by atoms with Crippen LogP contribution in [0.1, 0.15) is 12.5 Å². The Kier molecular flexibility index (Phi) is 2.96. The summed E-state index contributed by atoms with van der Waals surface area (Å²) in [6, 6.07) is 3.15. The van der Waals surface area contributed by atoms with E-state index < -0.39 is 11.6 Å². The fourth-order valence-electron chi connectivity index (χ4n) is 0.998. The monoisotopic (exact) mass is 196 g/mol. The second-order valence-electron chi connectivity index (χ2n) is 2.87. The zero-order valence-electron chi connectivity index (χ0n) is 7.64. The maximum absolute atomic E-state index is 13.2. The molecule has 3 N–H and O–H groups in total. The van der Waals surface area contributed by atoms with Gasteiger partial charge in [0.15, 0.2) is 0 Å². The van der Waals surface area contributed by atoms with Crippen molar-refractivity contribution < 1.29 is 8.78 Å². The molecule has 0 saturated carbocycles. The van der Waals surface area contributed by atoms with E-state index in [9.17, 15) is 8.78 Å². The highest BCUT2D eigenvalue weighted by molar-refractivity contribution is 5.87. The first-order valence-corrected chi connectivity index (χ1v) is 3.98. The average molecular weight is 196 g/mol. The van der Waals surface area contributed by atoms with Gasteiger partial charge in [-0.05, 0) is 24.6 Å². The van der Waals surface area contributed by atoms with Crippen molar-refractivity contribution in [2.45, 2.75) is 6.92 Å². The summed E-state index contributed by atoms with van der Waals surface area (Å²) < 4.78 is 25.7. The number of hydrogen-bond donors (Lipinski definition) is 2. The van der Waals surface area contributed by atoms with Crippen molar-refractivity contribution in [1.82, 2.24) is 0 Å². The fraction of sp³-hybridized carbons (Fsp3) is 0.100. The van der Waals surface area contributed by atoms with Crippen molar-refractivity contribution in [3.63, 3.8) is 0 Å². The summed E-state index contributed by atoms with van der Waals surface area (Å²) in [4.78, 5) is 0. The molecule has 0 heterocycles. The summed E-state index contributed by atoms with van der Waals surface area (Å²) in [6.45, 7) is 1.59. The molecule has 0 radical (unpaired) electrons. The highest BCUT2D eigenvalue weighted by atomic mass is 19.1. The van der Waals surface area contributed by atoms with E-state index in [1.54, 1.807) is 6.92 Å². The standard InChI is InChI=1S/C10H10F2N2/c1-6(5-13)10(14)8-3-2-7(11)4-9(8)12/h2-5,13H,14H2,1H3/b10-6-,13-5?. The maximum Gasteiger partial charge on any atom is 0.135 e. The van der Waals surface area contributed by atoms with Gasteiger partial charge in [-0.3, -0.25) is 0 Å². The van der Waals surface area contributed by atoms with Crippen LogP contribution in [0.3, 0.4) is 0 Å². The lowest BCUT2D eigenvalue weighted by molar-refractivity contribution is 0.581. The average Bonchev–Trinajstić information content (AvgIpc) is 2.15. The molecule has 4 heteroatoms. The van der Waals surface area contributed by atoms with Crippen LogP contribution in [0.25, 0.3) is 5.70 Å². The van der Waals surface area contributed by atoms with Crippen LogP contribution in [-0.4, -0.2) is 6.21 Å². The second-order valence-corrected chi connectivity index (χ2v) is 2.87. The first kappa shape index (κ1) is 10.4. The lowest BCUT2D eigenvalue weighted by atomic mass is 10.1. The predicted molar refractivity (Wildman–Crippen MR) is 51.9 cm³/mol. The molecule has 0 unspecified atom stereocenters. The third-order valence-corrected chi connectivity index (χ3v) is 1.86. The van der Waals surface area contributed by atoms with Crippen LogP contribution < -0.4 is 5.73 Å². The van der Waals surface area contributed by atoms with Gasteiger partial charge in [0.05, 0.1) is 0 Å². The molecule has 0 aliphatic rings. The molecule has 1 aromatic carbocycles. The van der Waals surface area contributed by atoms with Crippen molar-refractivity contribution in [3.05, 3.63) is 41.0 Å². The second kappa shape index (κ2) is 4.00. The Hall–Kier alpha value is -1.71. The van der Waals surface area contributed by atoms with E-state index in [0.29, 0.717) is 5.57 Å². The highest BCUT2D eigenvalue weighted by Crippen LogP contribution is 2.17. The molecule has 0 spiro atoms. The van der Waals surface area contributed by atoms with E-state index >= 15 is 0 Å². The Bertz CT molecular complexity index is 397. The van der Waals surface area contributed by atoms with E-state index in [1.165, 1.54) is 6.07 Å². The molecule has 14 heavy (non-hydrogen) atoms. The van der Waals surface area contributed by atoms with Crippen molar-refractivity contribution in [1.29, 1.82) is 5.41 Å². The Morgan fingerprint density at radius 3 is 2.57 bits per heavy atom.